The monoisotopic (exact) mass is 791 g/mol. The molecule has 0 N–H and O–H groups in total. The molecular weight excluding hydrogens is 739 g/mol. The van der Waals surface area contributed by atoms with E-state index in [0.717, 1.165) is 33.6 Å². The van der Waals surface area contributed by atoms with Crippen LogP contribution in [0, 0.1) is 17.8 Å². The average Bonchev–Trinajstić information content (AvgIpc) is 3.93. The molecule has 300 valence electrons. The first kappa shape index (κ1) is 35.9. The van der Waals surface area contributed by atoms with Crippen molar-refractivity contribution in [1.29, 1.82) is 0 Å². The van der Waals surface area contributed by atoms with Crippen LogP contribution in [0.15, 0.2) is 156 Å². The molecule has 0 amide bonds. The summed E-state index contributed by atoms with van der Waals surface area (Å²) in [7, 11) is 0. The maximum Gasteiger partial charge on any atom is 0.143 e. The van der Waals surface area contributed by atoms with Crippen LogP contribution in [0.3, 0.4) is 0 Å². The second kappa shape index (κ2) is 13.6. The van der Waals surface area contributed by atoms with E-state index in [9.17, 15) is 0 Å². The Balaban J connectivity index is 0.992. The summed E-state index contributed by atoms with van der Waals surface area (Å²) in [6, 6.07) is 58.2. The maximum absolute atomic E-state index is 6.53. The number of benzene rings is 7. The third-order valence-corrected chi connectivity index (χ3v) is 16.6. The van der Waals surface area contributed by atoms with Crippen molar-refractivity contribution in [2.45, 2.75) is 88.4 Å². The predicted molar refractivity (Wildman–Crippen MR) is 253 cm³/mol. The third-order valence-electron chi connectivity index (χ3n) is 16.6. The van der Waals surface area contributed by atoms with E-state index in [1.807, 2.05) is 0 Å². The van der Waals surface area contributed by atoms with Crippen molar-refractivity contribution >= 4 is 39.0 Å². The molecule has 0 saturated heterocycles. The topological polar surface area (TPSA) is 16.4 Å². The SMILES string of the molecule is CCC1CC2CCCC(C2)C12c1ccccc1-c1cc(N(c3ccc(-c4cccc5c4oc4ccccc45)cc3)c3ccc4c(c3)C3(CCCCC3)c3ccccc3-4)ccc12. The zero-order chi connectivity index (χ0) is 40.3. The largest absolute Gasteiger partial charge is 0.455 e. The van der Waals surface area contributed by atoms with Gasteiger partial charge < -0.3 is 9.32 Å². The number of hydrogen-bond acceptors (Lipinski definition) is 2. The zero-order valence-corrected chi connectivity index (χ0v) is 35.3. The highest BCUT2D eigenvalue weighted by Gasteiger charge is 2.56. The lowest BCUT2D eigenvalue weighted by Crippen LogP contribution is -2.48. The number of fused-ring (bicyclic) bond motifs is 16. The molecule has 5 aliphatic carbocycles. The average molecular weight is 792 g/mol. The van der Waals surface area contributed by atoms with Crippen LogP contribution in [-0.2, 0) is 10.8 Å². The molecule has 0 aliphatic heterocycles. The Morgan fingerprint density at radius 2 is 1.20 bits per heavy atom. The Morgan fingerprint density at radius 1 is 0.525 bits per heavy atom. The van der Waals surface area contributed by atoms with E-state index in [2.05, 4.69) is 163 Å². The van der Waals surface area contributed by atoms with E-state index in [0.29, 0.717) is 11.8 Å². The highest BCUT2D eigenvalue weighted by Crippen LogP contribution is 2.65. The van der Waals surface area contributed by atoms with E-state index in [-0.39, 0.29) is 10.8 Å². The highest BCUT2D eigenvalue weighted by atomic mass is 16.3. The van der Waals surface area contributed by atoms with Gasteiger partial charge in [0, 0.05) is 44.2 Å². The second-order valence-corrected chi connectivity index (χ2v) is 19.3. The summed E-state index contributed by atoms with van der Waals surface area (Å²) in [4.78, 5) is 2.56. The first-order chi connectivity index (χ1) is 30.2. The lowest BCUT2D eigenvalue weighted by molar-refractivity contribution is 0.0557. The van der Waals surface area contributed by atoms with E-state index >= 15 is 0 Å². The molecule has 8 aromatic rings. The van der Waals surface area contributed by atoms with Gasteiger partial charge in [0.1, 0.15) is 11.2 Å². The molecule has 2 spiro atoms. The van der Waals surface area contributed by atoms with Crippen LogP contribution >= 0.6 is 0 Å². The Labute approximate surface area is 360 Å². The standard InChI is InChI=1S/C59H53NO/c1-2-40-34-38-14-12-15-41(35-38)59(40)53-22-8-5-17-47(53)51-36-43(29-31-54(51)59)60(44-28-30-48-46-16-4-7-21-52(46)58(55(48)37-44)32-10-3-11-33-58)42-26-24-39(25-27-42)45-19-13-20-50-49-18-6-9-23-56(49)61-57(45)50/h4-9,13,16-31,36-38,40-41H,2-3,10-12,14-15,32-35H2,1H3. The summed E-state index contributed by atoms with van der Waals surface area (Å²) in [6.07, 6.45) is 14.5. The van der Waals surface area contributed by atoms with Crippen molar-refractivity contribution in [3.05, 3.63) is 174 Å². The lowest BCUT2D eigenvalue weighted by atomic mass is 9.50. The molecule has 3 fully saturated rings. The van der Waals surface area contributed by atoms with Crippen molar-refractivity contribution in [3.63, 3.8) is 0 Å². The Bertz CT molecular complexity index is 3010. The van der Waals surface area contributed by atoms with Gasteiger partial charge >= 0.3 is 0 Å². The summed E-state index contributed by atoms with van der Waals surface area (Å²) >= 11 is 0. The molecule has 7 aromatic carbocycles. The summed E-state index contributed by atoms with van der Waals surface area (Å²) < 4.78 is 6.53. The van der Waals surface area contributed by atoms with Crippen LogP contribution in [0.4, 0.5) is 17.1 Å². The van der Waals surface area contributed by atoms with Gasteiger partial charge in [-0.3, -0.25) is 0 Å². The summed E-state index contributed by atoms with van der Waals surface area (Å²) in [5, 5.41) is 2.33. The molecule has 5 aliphatic rings. The molecule has 4 unspecified atom stereocenters. The van der Waals surface area contributed by atoms with E-state index in [1.54, 1.807) is 16.7 Å². The molecule has 1 heterocycles. The minimum atomic E-state index is 0.0816. The lowest BCUT2D eigenvalue weighted by Gasteiger charge is -2.54. The van der Waals surface area contributed by atoms with Crippen LogP contribution < -0.4 is 4.90 Å². The van der Waals surface area contributed by atoms with Gasteiger partial charge in [0.05, 0.1) is 0 Å². The fraction of sp³-hybridized carbons (Fsp3) is 0.288. The van der Waals surface area contributed by atoms with Crippen LogP contribution in [0.5, 0.6) is 0 Å². The van der Waals surface area contributed by atoms with Crippen LogP contribution in [0.25, 0.3) is 55.3 Å². The molecule has 3 saturated carbocycles. The molecule has 2 heteroatoms. The summed E-state index contributed by atoms with van der Waals surface area (Å²) in [6.45, 7) is 2.47. The van der Waals surface area contributed by atoms with Gasteiger partial charge in [0.25, 0.3) is 0 Å². The van der Waals surface area contributed by atoms with E-state index in [1.165, 1.54) is 121 Å². The number of hydrogen-bond donors (Lipinski definition) is 0. The van der Waals surface area contributed by atoms with Gasteiger partial charge in [-0.15, -0.1) is 0 Å². The summed E-state index contributed by atoms with van der Waals surface area (Å²) in [5.41, 5.74) is 20.0. The quantitative estimate of drug-likeness (QED) is 0.173. The predicted octanol–water partition coefficient (Wildman–Crippen LogP) is 16.5. The van der Waals surface area contributed by atoms with Crippen molar-refractivity contribution in [3.8, 4) is 33.4 Å². The molecule has 61 heavy (non-hydrogen) atoms. The minimum absolute atomic E-state index is 0.0816. The Kier molecular flexibility index (Phi) is 7.98. The van der Waals surface area contributed by atoms with Crippen LogP contribution in [-0.4, -0.2) is 0 Å². The van der Waals surface area contributed by atoms with E-state index < -0.39 is 0 Å². The van der Waals surface area contributed by atoms with Gasteiger partial charge in [-0.1, -0.05) is 155 Å². The van der Waals surface area contributed by atoms with Crippen molar-refractivity contribution in [1.82, 2.24) is 0 Å². The van der Waals surface area contributed by atoms with Gasteiger partial charge in [-0.2, -0.15) is 0 Å². The smallest absolute Gasteiger partial charge is 0.143 e. The molecule has 2 nitrogen and oxygen atoms in total. The normalized spacial score (nSPS) is 22.9. The molecule has 0 radical (unpaired) electrons. The molecule has 13 rings (SSSR count). The third kappa shape index (κ3) is 5.03. The van der Waals surface area contributed by atoms with Gasteiger partial charge in [0.2, 0.25) is 0 Å². The van der Waals surface area contributed by atoms with Crippen molar-refractivity contribution < 1.29 is 4.42 Å². The molecule has 2 bridgehead atoms. The van der Waals surface area contributed by atoms with Gasteiger partial charge in [-0.25, -0.2) is 0 Å². The second-order valence-electron chi connectivity index (χ2n) is 19.3. The zero-order valence-electron chi connectivity index (χ0n) is 35.3. The van der Waals surface area contributed by atoms with Crippen molar-refractivity contribution in [2.24, 2.45) is 17.8 Å². The number of para-hydroxylation sites is 2. The number of furan rings is 1. The maximum atomic E-state index is 6.53. The number of rotatable bonds is 5. The first-order valence-electron chi connectivity index (χ1n) is 23.5. The number of nitrogens with zero attached hydrogens (tertiary/aromatic N) is 1. The Hall–Kier alpha value is -5.86. The fourth-order valence-corrected chi connectivity index (χ4v) is 14.2. The van der Waals surface area contributed by atoms with Crippen LogP contribution in [0.1, 0.15) is 99.8 Å². The Morgan fingerprint density at radius 3 is 2.05 bits per heavy atom. The van der Waals surface area contributed by atoms with Crippen LogP contribution in [0.2, 0.25) is 0 Å². The fourth-order valence-electron chi connectivity index (χ4n) is 14.2. The van der Waals surface area contributed by atoms with E-state index in [4.69, 9.17) is 4.42 Å². The molecular formula is C59H53NO. The molecule has 1 aromatic heterocycles. The molecule has 4 atom stereocenters. The van der Waals surface area contributed by atoms with Gasteiger partial charge in [0.15, 0.2) is 0 Å². The number of anilines is 3. The highest BCUT2D eigenvalue weighted by molar-refractivity contribution is 6.09. The minimum Gasteiger partial charge on any atom is -0.455 e. The first-order valence-corrected chi connectivity index (χ1v) is 23.5. The van der Waals surface area contributed by atoms with Gasteiger partial charge in [-0.05, 0) is 142 Å². The van der Waals surface area contributed by atoms with Crippen molar-refractivity contribution in [2.75, 3.05) is 4.90 Å². The summed E-state index contributed by atoms with van der Waals surface area (Å²) in [5.74, 6) is 2.28.